The lowest BCUT2D eigenvalue weighted by Crippen LogP contribution is -2.38. The Kier molecular flexibility index (Phi) is 2.54. The van der Waals surface area contributed by atoms with E-state index in [1.165, 1.54) is 18.3 Å². The lowest BCUT2D eigenvalue weighted by molar-refractivity contribution is -0.119. The van der Waals surface area contributed by atoms with Gasteiger partial charge in [-0.1, -0.05) is 0 Å². The van der Waals surface area contributed by atoms with Crippen LogP contribution in [0.15, 0.2) is 18.3 Å². The fourth-order valence-corrected chi connectivity index (χ4v) is 1.56. The van der Waals surface area contributed by atoms with Crippen LogP contribution in [0.3, 0.4) is 0 Å². The first-order valence-electron chi connectivity index (χ1n) is 4.67. The third-order valence-electron chi connectivity index (χ3n) is 2.36. The highest BCUT2D eigenvalue weighted by molar-refractivity contribution is 5.16. The Morgan fingerprint density at radius 3 is 2.67 bits per heavy atom. The summed E-state index contributed by atoms with van der Waals surface area (Å²) < 4.78 is 42.5. The van der Waals surface area contributed by atoms with Crippen LogP contribution < -0.4 is 4.74 Å². The molecule has 2 rings (SSSR count). The predicted molar refractivity (Wildman–Crippen MR) is 47.4 cm³/mol. The van der Waals surface area contributed by atoms with Gasteiger partial charge in [-0.2, -0.15) is 4.39 Å². The molecule has 0 aromatic carbocycles. The SMILES string of the molecule is Fc1ccc(OCC2CC(F)(F)C2)cn1. The highest BCUT2D eigenvalue weighted by atomic mass is 19.3. The first-order chi connectivity index (χ1) is 7.05. The van der Waals surface area contributed by atoms with Crippen LogP contribution in [0.5, 0.6) is 5.75 Å². The van der Waals surface area contributed by atoms with Crippen molar-refractivity contribution < 1.29 is 17.9 Å². The Morgan fingerprint density at radius 1 is 1.40 bits per heavy atom. The van der Waals surface area contributed by atoms with E-state index in [4.69, 9.17) is 4.74 Å². The fraction of sp³-hybridized carbons (Fsp3) is 0.500. The van der Waals surface area contributed by atoms with Gasteiger partial charge in [-0.15, -0.1) is 0 Å². The standard InChI is InChI=1S/C10H10F3NO/c11-9-2-1-8(5-14-9)15-6-7-3-10(12,13)4-7/h1-2,5,7H,3-4,6H2. The molecule has 0 N–H and O–H groups in total. The molecule has 1 aromatic heterocycles. The number of halogens is 3. The second-order valence-electron chi connectivity index (χ2n) is 3.76. The molecular formula is C10H10F3NO. The van der Waals surface area contributed by atoms with Gasteiger partial charge in [0, 0.05) is 18.8 Å². The third-order valence-corrected chi connectivity index (χ3v) is 2.36. The van der Waals surface area contributed by atoms with E-state index in [-0.39, 0.29) is 25.4 Å². The van der Waals surface area contributed by atoms with E-state index in [2.05, 4.69) is 4.98 Å². The van der Waals surface area contributed by atoms with Crippen molar-refractivity contribution in [2.75, 3.05) is 6.61 Å². The van der Waals surface area contributed by atoms with E-state index in [0.29, 0.717) is 5.75 Å². The van der Waals surface area contributed by atoms with E-state index < -0.39 is 11.9 Å². The molecule has 2 nitrogen and oxygen atoms in total. The quantitative estimate of drug-likeness (QED) is 0.726. The first kappa shape index (κ1) is 10.3. The van der Waals surface area contributed by atoms with Gasteiger partial charge >= 0.3 is 0 Å². The molecule has 1 fully saturated rings. The fourth-order valence-electron chi connectivity index (χ4n) is 1.56. The molecule has 1 saturated carbocycles. The molecule has 1 heterocycles. The van der Waals surface area contributed by atoms with Gasteiger partial charge in [0.2, 0.25) is 11.9 Å². The average molecular weight is 217 g/mol. The van der Waals surface area contributed by atoms with Gasteiger partial charge in [0.05, 0.1) is 12.8 Å². The lowest BCUT2D eigenvalue weighted by Gasteiger charge is -2.34. The van der Waals surface area contributed by atoms with Crippen molar-refractivity contribution in [1.82, 2.24) is 4.98 Å². The predicted octanol–water partition coefficient (Wildman–Crippen LogP) is 2.64. The highest BCUT2D eigenvalue weighted by Crippen LogP contribution is 2.42. The number of alkyl halides is 2. The second-order valence-corrected chi connectivity index (χ2v) is 3.76. The van der Waals surface area contributed by atoms with Gasteiger partial charge in [-0.05, 0) is 12.1 Å². The summed E-state index contributed by atoms with van der Waals surface area (Å²) in [6.07, 6.45) is 0.995. The largest absolute Gasteiger partial charge is 0.492 e. The molecule has 1 aliphatic carbocycles. The van der Waals surface area contributed by atoms with E-state index in [1.54, 1.807) is 0 Å². The van der Waals surface area contributed by atoms with Crippen molar-refractivity contribution >= 4 is 0 Å². The van der Waals surface area contributed by atoms with Gasteiger partial charge in [-0.25, -0.2) is 13.8 Å². The van der Waals surface area contributed by atoms with Crippen molar-refractivity contribution in [2.45, 2.75) is 18.8 Å². The summed E-state index contributed by atoms with van der Waals surface area (Å²) in [7, 11) is 0. The molecule has 0 radical (unpaired) electrons. The zero-order valence-corrected chi connectivity index (χ0v) is 7.92. The van der Waals surface area contributed by atoms with Gasteiger partial charge in [0.25, 0.3) is 0 Å². The van der Waals surface area contributed by atoms with E-state index in [9.17, 15) is 13.2 Å². The third kappa shape index (κ3) is 2.61. The van der Waals surface area contributed by atoms with Gasteiger partial charge in [-0.3, -0.25) is 0 Å². The molecule has 0 spiro atoms. The van der Waals surface area contributed by atoms with Crippen molar-refractivity contribution in [3.8, 4) is 5.75 Å². The normalized spacial score (nSPS) is 19.7. The average Bonchev–Trinajstić information content (AvgIpc) is 2.14. The first-order valence-corrected chi connectivity index (χ1v) is 4.67. The molecule has 5 heteroatoms. The minimum Gasteiger partial charge on any atom is -0.492 e. The number of hydrogen-bond donors (Lipinski definition) is 0. The van der Waals surface area contributed by atoms with Crippen LogP contribution in [0.4, 0.5) is 13.2 Å². The summed E-state index contributed by atoms with van der Waals surface area (Å²) in [6, 6.07) is 2.60. The van der Waals surface area contributed by atoms with Crippen LogP contribution in [-0.2, 0) is 0 Å². The molecule has 0 amide bonds. The summed E-state index contributed by atoms with van der Waals surface area (Å²) in [5, 5.41) is 0. The van der Waals surface area contributed by atoms with Gasteiger partial charge < -0.3 is 4.74 Å². The molecule has 1 aromatic rings. The molecule has 0 aliphatic heterocycles. The van der Waals surface area contributed by atoms with Crippen molar-refractivity contribution in [2.24, 2.45) is 5.92 Å². The maximum Gasteiger partial charge on any atom is 0.248 e. The van der Waals surface area contributed by atoms with Gasteiger partial charge in [0.1, 0.15) is 5.75 Å². The van der Waals surface area contributed by atoms with E-state index in [1.807, 2.05) is 0 Å². The Balaban J connectivity index is 1.77. The molecular weight excluding hydrogens is 207 g/mol. The molecule has 0 unspecified atom stereocenters. The van der Waals surface area contributed by atoms with Crippen molar-refractivity contribution in [3.63, 3.8) is 0 Å². The Bertz CT molecular complexity index is 331. The zero-order chi connectivity index (χ0) is 10.9. The van der Waals surface area contributed by atoms with E-state index in [0.717, 1.165) is 0 Å². The zero-order valence-electron chi connectivity index (χ0n) is 7.92. The summed E-state index contributed by atoms with van der Waals surface area (Å²) >= 11 is 0. The second kappa shape index (κ2) is 3.72. The van der Waals surface area contributed by atoms with Crippen LogP contribution in [-0.4, -0.2) is 17.5 Å². The minimum absolute atomic E-state index is 0.106. The van der Waals surface area contributed by atoms with Gasteiger partial charge in [0.15, 0.2) is 0 Å². The summed E-state index contributed by atoms with van der Waals surface area (Å²) in [5.41, 5.74) is 0. The number of hydrogen-bond acceptors (Lipinski definition) is 2. The number of ether oxygens (including phenoxy) is 1. The highest BCUT2D eigenvalue weighted by Gasteiger charge is 2.45. The van der Waals surface area contributed by atoms with Crippen LogP contribution in [0.1, 0.15) is 12.8 Å². The number of pyridine rings is 1. The molecule has 15 heavy (non-hydrogen) atoms. The van der Waals surface area contributed by atoms with Crippen LogP contribution in [0, 0.1) is 11.9 Å². The molecule has 1 aliphatic rings. The Labute approximate surface area is 85.1 Å². The molecule has 0 saturated heterocycles. The molecule has 0 atom stereocenters. The van der Waals surface area contributed by atoms with Crippen LogP contribution in [0.2, 0.25) is 0 Å². The topological polar surface area (TPSA) is 22.1 Å². The monoisotopic (exact) mass is 217 g/mol. The Hall–Kier alpha value is -1.26. The number of rotatable bonds is 3. The minimum atomic E-state index is -2.52. The maximum absolute atomic E-state index is 12.4. The molecule has 0 bridgehead atoms. The summed E-state index contributed by atoms with van der Waals surface area (Å²) in [6.45, 7) is 0.239. The molecule has 82 valence electrons. The number of nitrogens with zero attached hydrogens (tertiary/aromatic N) is 1. The van der Waals surface area contributed by atoms with Crippen molar-refractivity contribution in [3.05, 3.63) is 24.3 Å². The lowest BCUT2D eigenvalue weighted by atomic mass is 9.82. The number of aromatic nitrogens is 1. The van der Waals surface area contributed by atoms with Crippen LogP contribution in [0.25, 0.3) is 0 Å². The van der Waals surface area contributed by atoms with Crippen LogP contribution >= 0.6 is 0 Å². The summed E-state index contributed by atoms with van der Waals surface area (Å²) in [5.74, 6) is -2.80. The smallest absolute Gasteiger partial charge is 0.248 e. The van der Waals surface area contributed by atoms with Crippen molar-refractivity contribution in [1.29, 1.82) is 0 Å². The Morgan fingerprint density at radius 2 is 2.13 bits per heavy atom. The van der Waals surface area contributed by atoms with E-state index >= 15 is 0 Å². The summed E-state index contributed by atoms with van der Waals surface area (Å²) in [4.78, 5) is 3.39. The maximum atomic E-state index is 12.4.